The molecule has 1 aliphatic heterocycles. The van der Waals surface area contributed by atoms with Gasteiger partial charge >= 0.3 is 0 Å². The third-order valence-electron chi connectivity index (χ3n) is 4.13. The molecule has 1 aliphatic rings. The van der Waals surface area contributed by atoms with Crippen molar-refractivity contribution in [2.75, 3.05) is 6.61 Å². The molecule has 26 heavy (non-hydrogen) atoms. The van der Waals surface area contributed by atoms with Crippen molar-refractivity contribution in [3.05, 3.63) is 59.7 Å². The average molecular weight is 355 g/mol. The molecule has 3 rings (SSSR count). The molecule has 4 unspecified atom stereocenters. The normalized spacial score (nSPS) is 25.5. The van der Waals surface area contributed by atoms with E-state index in [-0.39, 0.29) is 0 Å². The van der Waals surface area contributed by atoms with Crippen LogP contribution in [0.25, 0.3) is 0 Å². The maximum absolute atomic E-state index is 12.2. The van der Waals surface area contributed by atoms with Crippen LogP contribution in [-0.2, 0) is 9.53 Å². The Bertz CT molecular complexity index is 829. The Morgan fingerprint density at radius 3 is 2.50 bits per heavy atom. The second kappa shape index (κ2) is 7.64. The minimum atomic E-state index is -1.63. The van der Waals surface area contributed by atoms with E-state index in [4.69, 9.17) is 14.7 Å². The van der Waals surface area contributed by atoms with Crippen LogP contribution in [0.15, 0.2) is 48.5 Å². The molecule has 2 aromatic carbocycles. The van der Waals surface area contributed by atoms with E-state index >= 15 is 0 Å². The van der Waals surface area contributed by atoms with Crippen LogP contribution in [0.2, 0.25) is 0 Å². The average Bonchev–Trinajstić information content (AvgIpc) is 2.67. The molecule has 1 saturated heterocycles. The van der Waals surface area contributed by atoms with Crippen molar-refractivity contribution >= 4 is 5.78 Å². The lowest BCUT2D eigenvalue weighted by Crippen LogP contribution is -2.53. The van der Waals surface area contributed by atoms with Gasteiger partial charge in [-0.3, -0.25) is 4.79 Å². The van der Waals surface area contributed by atoms with Crippen molar-refractivity contribution in [1.29, 1.82) is 5.26 Å². The first kappa shape index (κ1) is 18.0. The van der Waals surface area contributed by atoms with E-state index < -0.39 is 36.8 Å². The van der Waals surface area contributed by atoms with Crippen molar-refractivity contribution in [2.24, 2.45) is 0 Å². The van der Waals surface area contributed by atoms with E-state index in [0.29, 0.717) is 22.6 Å². The van der Waals surface area contributed by atoms with Crippen LogP contribution in [0, 0.1) is 11.3 Å². The van der Waals surface area contributed by atoms with Crippen LogP contribution < -0.4 is 4.74 Å². The van der Waals surface area contributed by atoms with Gasteiger partial charge in [0.05, 0.1) is 18.2 Å². The van der Waals surface area contributed by atoms with Crippen LogP contribution in [0.1, 0.15) is 17.2 Å². The van der Waals surface area contributed by atoms with Crippen LogP contribution >= 0.6 is 0 Å². The Morgan fingerprint density at radius 2 is 1.85 bits per heavy atom. The molecule has 134 valence electrons. The molecular weight excluding hydrogens is 338 g/mol. The number of hydrogen-bond acceptors (Lipinski definition) is 7. The predicted octanol–water partition coefficient (Wildman–Crippen LogP) is 1.07. The van der Waals surface area contributed by atoms with Gasteiger partial charge in [-0.15, -0.1) is 0 Å². The third kappa shape index (κ3) is 3.59. The summed E-state index contributed by atoms with van der Waals surface area (Å²) >= 11 is 0. The van der Waals surface area contributed by atoms with Gasteiger partial charge in [0, 0.05) is 0 Å². The number of nitriles is 1. The summed E-state index contributed by atoms with van der Waals surface area (Å²) in [6, 6.07) is 15.1. The fourth-order valence-electron chi connectivity index (χ4n) is 2.72. The molecule has 3 N–H and O–H groups in total. The van der Waals surface area contributed by atoms with Gasteiger partial charge in [-0.2, -0.15) is 5.26 Å². The lowest BCUT2D eigenvalue weighted by atomic mass is 9.92. The summed E-state index contributed by atoms with van der Waals surface area (Å²) in [5, 5.41) is 37.7. The first-order chi connectivity index (χ1) is 12.5. The molecule has 7 heteroatoms. The van der Waals surface area contributed by atoms with Gasteiger partial charge in [-0.25, -0.2) is 0 Å². The fraction of sp³-hybridized carbons (Fsp3) is 0.263. The summed E-state index contributed by atoms with van der Waals surface area (Å²) in [6.45, 7) is -0.524. The molecule has 1 fully saturated rings. The number of carbonyl (C=O) groups is 1. The number of benzene rings is 2. The fourth-order valence-corrected chi connectivity index (χ4v) is 2.72. The molecule has 0 radical (unpaired) electrons. The maximum atomic E-state index is 12.2. The number of nitrogens with zero attached hydrogens (tertiary/aromatic N) is 1. The van der Waals surface area contributed by atoms with Gasteiger partial charge in [0.1, 0.15) is 35.9 Å². The lowest BCUT2D eigenvalue weighted by molar-refractivity contribution is -0.189. The van der Waals surface area contributed by atoms with Crippen LogP contribution in [0.3, 0.4) is 0 Å². The number of aliphatic hydroxyl groups excluding tert-OH is 3. The molecule has 4 atom stereocenters. The van der Waals surface area contributed by atoms with Crippen LogP contribution in [-0.4, -0.2) is 46.0 Å². The highest BCUT2D eigenvalue weighted by molar-refractivity contribution is 5.89. The topological polar surface area (TPSA) is 120 Å². The summed E-state index contributed by atoms with van der Waals surface area (Å²) in [5.41, 5.74) is 0.945. The SMILES string of the molecule is N#Cc1ccc(Oc2cccc(C3OC(CO)C(O)C(O)C3=O)c2)cc1. The molecule has 0 aromatic heterocycles. The van der Waals surface area contributed by atoms with Crippen molar-refractivity contribution in [3.63, 3.8) is 0 Å². The Morgan fingerprint density at radius 1 is 1.12 bits per heavy atom. The summed E-state index contributed by atoms with van der Waals surface area (Å²) in [4.78, 5) is 12.2. The molecule has 7 nitrogen and oxygen atoms in total. The van der Waals surface area contributed by atoms with Gasteiger partial charge in [-0.05, 0) is 42.0 Å². The zero-order valence-electron chi connectivity index (χ0n) is 13.6. The minimum absolute atomic E-state index is 0.435. The van der Waals surface area contributed by atoms with Crippen LogP contribution in [0.4, 0.5) is 0 Å². The Hall–Kier alpha value is -2.76. The quantitative estimate of drug-likeness (QED) is 0.750. The monoisotopic (exact) mass is 355 g/mol. The van der Waals surface area contributed by atoms with Crippen molar-refractivity contribution < 1.29 is 29.6 Å². The lowest BCUT2D eigenvalue weighted by Gasteiger charge is -2.35. The largest absolute Gasteiger partial charge is 0.457 e. The summed E-state index contributed by atoms with van der Waals surface area (Å²) in [5.74, 6) is 0.267. The second-order valence-corrected chi connectivity index (χ2v) is 5.89. The highest BCUT2D eigenvalue weighted by Gasteiger charge is 2.43. The molecule has 0 aliphatic carbocycles. The van der Waals surface area contributed by atoms with E-state index in [0.717, 1.165) is 0 Å². The zero-order chi connectivity index (χ0) is 18.7. The standard InChI is InChI=1S/C19H17NO6/c20-9-11-4-6-13(7-5-11)25-14-3-1-2-12(8-14)19-18(24)17(23)16(22)15(10-21)26-19/h1-8,15-17,19,21-23H,10H2. The zero-order valence-corrected chi connectivity index (χ0v) is 13.6. The molecule has 0 spiro atoms. The minimum Gasteiger partial charge on any atom is -0.457 e. The Kier molecular flexibility index (Phi) is 5.30. The van der Waals surface area contributed by atoms with Crippen molar-refractivity contribution in [1.82, 2.24) is 0 Å². The van der Waals surface area contributed by atoms with E-state index in [9.17, 15) is 20.1 Å². The van der Waals surface area contributed by atoms with E-state index in [1.165, 1.54) is 0 Å². The number of ether oxygens (including phenoxy) is 2. The number of aliphatic hydroxyl groups is 3. The number of hydrogen-bond donors (Lipinski definition) is 3. The molecule has 0 bridgehead atoms. The Labute approximate surface area is 149 Å². The predicted molar refractivity (Wildman–Crippen MR) is 89.4 cm³/mol. The number of rotatable bonds is 4. The molecule has 2 aromatic rings. The highest BCUT2D eigenvalue weighted by atomic mass is 16.5. The van der Waals surface area contributed by atoms with E-state index in [1.54, 1.807) is 48.5 Å². The van der Waals surface area contributed by atoms with E-state index in [2.05, 4.69) is 0 Å². The molecule has 0 amide bonds. The second-order valence-electron chi connectivity index (χ2n) is 5.89. The summed E-state index contributed by atoms with van der Waals surface area (Å²) < 4.78 is 11.2. The van der Waals surface area contributed by atoms with Crippen molar-refractivity contribution in [3.8, 4) is 17.6 Å². The van der Waals surface area contributed by atoms with Gasteiger partial charge in [0.15, 0.2) is 5.78 Å². The number of ketones is 1. The maximum Gasteiger partial charge on any atom is 0.197 e. The first-order valence-corrected chi connectivity index (χ1v) is 7.97. The van der Waals surface area contributed by atoms with Crippen LogP contribution in [0.5, 0.6) is 11.5 Å². The Balaban J connectivity index is 1.82. The molecule has 1 heterocycles. The highest BCUT2D eigenvalue weighted by Crippen LogP contribution is 2.32. The molecular formula is C19H17NO6. The molecule has 0 saturated carbocycles. The van der Waals surface area contributed by atoms with Gasteiger partial charge in [0.25, 0.3) is 0 Å². The summed E-state index contributed by atoms with van der Waals surface area (Å²) in [6.07, 6.45) is -5.28. The number of carbonyl (C=O) groups excluding carboxylic acids is 1. The smallest absolute Gasteiger partial charge is 0.197 e. The van der Waals surface area contributed by atoms with Gasteiger partial charge < -0.3 is 24.8 Å². The van der Waals surface area contributed by atoms with Crippen molar-refractivity contribution in [2.45, 2.75) is 24.4 Å². The third-order valence-corrected chi connectivity index (χ3v) is 4.13. The number of Topliss-reactive ketones (excluding diaryl/α,β-unsaturated/α-hetero) is 1. The summed E-state index contributed by atoms with van der Waals surface area (Å²) in [7, 11) is 0. The first-order valence-electron chi connectivity index (χ1n) is 7.97. The van der Waals surface area contributed by atoms with Gasteiger partial charge in [-0.1, -0.05) is 12.1 Å². The van der Waals surface area contributed by atoms with Gasteiger partial charge in [0.2, 0.25) is 0 Å². The van der Waals surface area contributed by atoms with E-state index in [1.807, 2.05) is 6.07 Å².